The van der Waals surface area contributed by atoms with Gasteiger partial charge in [-0.25, -0.2) is 4.98 Å². The molecule has 1 amide bonds. The molecule has 5 nitrogen and oxygen atoms in total. The number of rotatable bonds is 5. The molecule has 0 fully saturated rings. The van der Waals surface area contributed by atoms with Gasteiger partial charge in [0.2, 0.25) is 0 Å². The van der Waals surface area contributed by atoms with Crippen molar-refractivity contribution in [1.82, 2.24) is 15.3 Å². The van der Waals surface area contributed by atoms with E-state index in [1.54, 1.807) is 30.6 Å². The lowest BCUT2D eigenvalue weighted by molar-refractivity contribution is -0.123. The lowest BCUT2D eigenvalue weighted by Gasteiger charge is -2.08. The highest BCUT2D eigenvalue weighted by Crippen LogP contribution is 2.27. The number of hydrogen-bond acceptors (Lipinski definition) is 3. The van der Waals surface area contributed by atoms with Gasteiger partial charge in [0.15, 0.2) is 6.61 Å². The summed E-state index contributed by atoms with van der Waals surface area (Å²) in [7, 11) is 0. The Morgan fingerprint density at radius 2 is 2.26 bits per heavy atom. The average molecular weight is 300 g/mol. The third kappa shape index (κ3) is 4.15. The molecule has 1 heterocycles. The summed E-state index contributed by atoms with van der Waals surface area (Å²) in [5, 5.41) is 3.54. The van der Waals surface area contributed by atoms with Crippen LogP contribution in [-0.4, -0.2) is 22.5 Å². The van der Waals surface area contributed by atoms with Gasteiger partial charge in [-0.15, -0.1) is 0 Å². The van der Waals surface area contributed by atoms with Crippen LogP contribution in [0.5, 0.6) is 5.75 Å². The Morgan fingerprint density at radius 3 is 2.95 bits per heavy atom. The van der Waals surface area contributed by atoms with Crippen molar-refractivity contribution in [2.24, 2.45) is 0 Å². The zero-order chi connectivity index (χ0) is 13.7. The Kier molecular flexibility index (Phi) is 4.65. The molecule has 2 aromatic rings. The lowest BCUT2D eigenvalue weighted by atomic mass is 10.3. The monoisotopic (exact) mass is 299 g/mol. The summed E-state index contributed by atoms with van der Waals surface area (Å²) in [6.07, 6.45) is 3.30. The summed E-state index contributed by atoms with van der Waals surface area (Å²) in [5.74, 6) is 0.833. The number of ether oxygens (including phenoxy) is 1. The molecule has 2 N–H and O–H groups in total. The van der Waals surface area contributed by atoms with Gasteiger partial charge >= 0.3 is 0 Å². The minimum absolute atomic E-state index is 0.123. The number of halogens is 2. The highest BCUT2D eigenvalue weighted by atomic mass is 35.5. The van der Waals surface area contributed by atoms with Crippen molar-refractivity contribution in [1.29, 1.82) is 0 Å². The van der Waals surface area contributed by atoms with Gasteiger partial charge < -0.3 is 15.0 Å². The van der Waals surface area contributed by atoms with E-state index in [0.717, 1.165) is 0 Å². The molecule has 0 unspecified atom stereocenters. The first-order valence-electron chi connectivity index (χ1n) is 5.48. The van der Waals surface area contributed by atoms with Crippen molar-refractivity contribution in [3.8, 4) is 5.75 Å². The second kappa shape index (κ2) is 6.45. The summed E-state index contributed by atoms with van der Waals surface area (Å²) < 4.78 is 5.29. The van der Waals surface area contributed by atoms with Crippen molar-refractivity contribution in [3.63, 3.8) is 0 Å². The van der Waals surface area contributed by atoms with Gasteiger partial charge in [-0.1, -0.05) is 23.2 Å². The normalized spacial score (nSPS) is 10.2. The Morgan fingerprint density at radius 1 is 1.42 bits per heavy atom. The molecule has 0 radical (unpaired) electrons. The van der Waals surface area contributed by atoms with Crippen molar-refractivity contribution < 1.29 is 9.53 Å². The van der Waals surface area contributed by atoms with E-state index >= 15 is 0 Å². The molecule has 19 heavy (non-hydrogen) atoms. The average Bonchev–Trinajstić information content (AvgIpc) is 2.88. The van der Waals surface area contributed by atoms with E-state index < -0.39 is 0 Å². The Labute approximate surface area is 119 Å². The number of carbonyl (C=O) groups excluding carboxylic acids is 1. The summed E-state index contributed by atoms with van der Waals surface area (Å²) >= 11 is 11.7. The molecular formula is C12H11Cl2N3O2. The van der Waals surface area contributed by atoms with Crippen molar-refractivity contribution >= 4 is 29.1 Å². The molecule has 0 saturated heterocycles. The van der Waals surface area contributed by atoms with Crippen LogP contribution in [0, 0.1) is 0 Å². The first-order chi connectivity index (χ1) is 9.15. The van der Waals surface area contributed by atoms with Gasteiger partial charge in [0, 0.05) is 17.4 Å². The number of aromatic nitrogens is 2. The van der Waals surface area contributed by atoms with E-state index in [2.05, 4.69) is 15.3 Å². The first-order valence-corrected chi connectivity index (χ1v) is 6.23. The van der Waals surface area contributed by atoms with Crippen LogP contribution in [0.15, 0.2) is 30.6 Å². The smallest absolute Gasteiger partial charge is 0.258 e. The predicted molar refractivity (Wildman–Crippen MR) is 72.4 cm³/mol. The highest BCUT2D eigenvalue weighted by molar-refractivity contribution is 6.35. The van der Waals surface area contributed by atoms with Crippen molar-refractivity contribution in [2.45, 2.75) is 6.54 Å². The van der Waals surface area contributed by atoms with Gasteiger partial charge in [-0.05, 0) is 18.2 Å². The zero-order valence-electron chi connectivity index (χ0n) is 9.82. The molecule has 1 aromatic heterocycles. The molecule has 0 aliphatic heterocycles. The number of nitrogens with zero attached hydrogens (tertiary/aromatic N) is 1. The lowest BCUT2D eigenvalue weighted by Crippen LogP contribution is -2.28. The topological polar surface area (TPSA) is 67.0 Å². The largest absolute Gasteiger partial charge is 0.482 e. The number of hydrogen-bond donors (Lipinski definition) is 2. The van der Waals surface area contributed by atoms with Gasteiger partial charge in [-0.2, -0.15) is 0 Å². The first kappa shape index (κ1) is 13.7. The number of nitrogens with one attached hydrogen (secondary N) is 2. The molecule has 7 heteroatoms. The van der Waals surface area contributed by atoms with Crippen LogP contribution < -0.4 is 10.1 Å². The Balaban J connectivity index is 1.80. The molecule has 0 aliphatic rings. The maximum absolute atomic E-state index is 11.5. The molecule has 0 aliphatic carbocycles. The maximum atomic E-state index is 11.5. The molecule has 0 bridgehead atoms. The number of amides is 1. The molecule has 100 valence electrons. The van der Waals surface area contributed by atoms with Gasteiger partial charge in [0.25, 0.3) is 5.91 Å². The van der Waals surface area contributed by atoms with Crippen LogP contribution in [0.2, 0.25) is 10.0 Å². The van der Waals surface area contributed by atoms with Crippen molar-refractivity contribution in [3.05, 3.63) is 46.5 Å². The highest BCUT2D eigenvalue weighted by Gasteiger charge is 2.06. The minimum Gasteiger partial charge on any atom is -0.482 e. The van der Waals surface area contributed by atoms with E-state index in [9.17, 15) is 4.79 Å². The van der Waals surface area contributed by atoms with Crippen LogP contribution in [0.1, 0.15) is 5.82 Å². The Hall–Kier alpha value is -1.72. The van der Waals surface area contributed by atoms with E-state index in [1.807, 2.05) is 0 Å². The van der Waals surface area contributed by atoms with Crippen LogP contribution in [-0.2, 0) is 11.3 Å². The van der Waals surface area contributed by atoms with Gasteiger partial charge in [0.05, 0.1) is 11.6 Å². The fourth-order valence-corrected chi connectivity index (χ4v) is 1.83. The maximum Gasteiger partial charge on any atom is 0.258 e. The summed E-state index contributed by atoms with van der Waals surface area (Å²) in [6, 6.07) is 4.81. The predicted octanol–water partition coefficient (Wildman–Crippen LogP) is 2.41. The van der Waals surface area contributed by atoms with Gasteiger partial charge in [0.1, 0.15) is 11.6 Å². The van der Waals surface area contributed by atoms with Crippen LogP contribution >= 0.6 is 23.2 Å². The number of benzene rings is 1. The van der Waals surface area contributed by atoms with Crippen LogP contribution in [0.25, 0.3) is 0 Å². The molecule has 0 spiro atoms. The third-order valence-electron chi connectivity index (χ3n) is 2.26. The fraction of sp³-hybridized carbons (Fsp3) is 0.167. The SMILES string of the molecule is O=C(COc1ccc(Cl)cc1Cl)NCc1ncc[nH]1. The summed E-state index contributed by atoms with van der Waals surface area (Å²) in [4.78, 5) is 18.4. The van der Waals surface area contributed by atoms with E-state index in [-0.39, 0.29) is 12.5 Å². The third-order valence-corrected chi connectivity index (χ3v) is 2.79. The number of aromatic amines is 1. The van der Waals surface area contributed by atoms with Crippen LogP contribution in [0.4, 0.5) is 0 Å². The van der Waals surface area contributed by atoms with Crippen molar-refractivity contribution in [2.75, 3.05) is 6.61 Å². The second-order valence-corrected chi connectivity index (χ2v) is 4.52. The number of carbonyl (C=O) groups is 1. The number of imidazole rings is 1. The summed E-state index contributed by atoms with van der Waals surface area (Å²) in [5.41, 5.74) is 0. The molecule has 2 rings (SSSR count). The quantitative estimate of drug-likeness (QED) is 0.891. The molecule has 0 saturated carbocycles. The van der Waals surface area contributed by atoms with E-state index in [4.69, 9.17) is 27.9 Å². The van der Waals surface area contributed by atoms with E-state index in [1.165, 1.54) is 0 Å². The molecular weight excluding hydrogens is 289 g/mol. The Bertz CT molecular complexity index is 558. The van der Waals surface area contributed by atoms with Gasteiger partial charge in [-0.3, -0.25) is 4.79 Å². The standard InChI is InChI=1S/C12H11Cl2N3O2/c13-8-1-2-10(9(14)5-8)19-7-12(18)17-6-11-15-3-4-16-11/h1-5H,6-7H2,(H,15,16)(H,17,18). The number of H-pyrrole nitrogens is 1. The fourth-order valence-electron chi connectivity index (χ4n) is 1.36. The summed E-state index contributed by atoms with van der Waals surface area (Å²) in [6.45, 7) is 0.200. The van der Waals surface area contributed by atoms with Crippen LogP contribution in [0.3, 0.4) is 0 Å². The molecule has 0 atom stereocenters. The minimum atomic E-state index is -0.262. The zero-order valence-corrected chi connectivity index (χ0v) is 11.3. The van der Waals surface area contributed by atoms with E-state index in [0.29, 0.717) is 28.2 Å². The molecule has 1 aromatic carbocycles. The second-order valence-electron chi connectivity index (χ2n) is 3.68.